The topological polar surface area (TPSA) is 72.2 Å². The van der Waals surface area contributed by atoms with E-state index in [1.165, 1.54) is 6.07 Å². The third-order valence-corrected chi connectivity index (χ3v) is 6.51. The summed E-state index contributed by atoms with van der Waals surface area (Å²) in [6.45, 7) is 4.62. The molecule has 4 nitrogen and oxygen atoms in total. The van der Waals surface area contributed by atoms with Crippen molar-refractivity contribution >= 4 is 21.6 Å². The molecule has 1 aliphatic carbocycles. The quantitative estimate of drug-likeness (QED) is 0.891. The van der Waals surface area contributed by atoms with Crippen molar-refractivity contribution in [1.29, 1.82) is 0 Å². The lowest BCUT2D eigenvalue weighted by Crippen LogP contribution is -2.43. The third-order valence-electron chi connectivity index (χ3n) is 4.53. The van der Waals surface area contributed by atoms with Crippen molar-refractivity contribution in [3.05, 3.63) is 28.8 Å². The fourth-order valence-electron chi connectivity index (χ4n) is 2.90. The van der Waals surface area contributed by atoms with E-state index in [2.05, 4.69) is 18.6 Å². The molecule has 1 aliphatic rings. The van der Waals surface area contributed by atoms with Crippen LogP contribution in [0.3, 0.4) is 0 Å². The van der Waals surface area contributed by atoms with Crippen LogP contribution < -0.4 is 10.5 Å². The Morgan fingerprint density at radius 1 is 1.33 bits per heavy atom. The third kappa shape index (κ3) is 3.77. The van der Waals surface area contributed by atoms with Crippen LogP contribution in [0.15, 0.2) is 23.1 Å². The second kappa shape index (κ2) is 6.65. The molecule has 3 atom stereocenters. The van der Waals surface area contributed by atoms with Gasteiger partial charge in [0, 0.05) is 12.6 Å². The van der Waals surface area contributed by atoms with Gasteiger partial charge in [-0.1, -0.05) is 44.4 Å². The first-order valence-corrected chi connectivity index (χ1v) is 9.22. The van der Waals surface area contributed by atoms with Crippen molar-refractivity contribution in [3.8, 4) is 0 Å². The molecule has 0 spiro atoms. The predicted molar refractivity (Wildman–Crippen MR) is 85.6 cm³/mol. The Morgan fingerprint density at radius 3 is 2.67 bits per heavy atom. The molecule has 0 radical (unpaired) electrons. The maximum atomic E-state index is 12.5. The Hall–Kier alpha value is -0.620. The van der Waals surface area contributed by atoms with E-state index in [0.717, 1.165) is 24.8 Å². The summed E-state index contributed by atoms with van der Waals surface area (Å²) in [6, 6.07) is 4.82. The van der Waals surface area contributed by atoms with Crippen LogP contribution >= 0.6 is 11.6 Å². The van der Waals surface area contributed by atoms with Crippen LogP contribution in [-0.2, 0) is 16.6 Å². The number of nitrogens with one attached hydrogen (secondary N) is 1. The minimum Gasteiger partial charge on any atom is -0.326 e. The summed E-state index contributed by atoms with van der Waals surface area (Å²) in [5.41, 5.74) is 6.36. The van der Waals surface area contributed by atoms with E-state index in [1.807, 2.05) is 0 Å². The van der Waals surface area contributed by atoms with Gasteiger partial charge in [0.05, 0.1) is 5.02 Å². The zero-order valence-electron chi connectivity index (χ0n) is 12.5. The minimum absolute atomic E-state index is 0.0241. The fraction of sp³-hybridized carbons (Fsp3) is 0.600. The first kappa shape index (κ1) is 16.7. The predicted octanol–water partition coefficient (Wildman–Crippen LogP) is 2.90. The normalized spacial score (nSPS) is 26.8. The van der Waals surface area contributed by atoms with Gasteiger partial charge in [-0.15, -0.1) is 0 Å². The van der Waals surface area contributed by atoms with Gasteiger partial charge in [-0.25, -0.2) is 13.1 Å². The van der Waals surface area contributed by atoms with Gasteiger partial charge < -0.3 is 5.73 Å². The summed E-state index contributed by atoms with van der Waals surface area (Å²) in [6.07, 6.45) is 3.09. The number of rotatable bonds is 4. The molecule has 2 rings (SSSR count). The summed E-state index contributed by atoms with van der Waals surface area (Å²) in [7, 11) is -3.59. The number of hydrogen-bond acceptors (Lipinski definition) is 3. The summed E-state index contributed by atoms with van der Waals surface area (Å²) >= 11 is 6.10. The van der Waals surface area contributed by atoms with Crippen molar-refractivity contribution in [2.24, 2.45) is 17.6 Å². The van der Waals surface area contributed by atoms with Crippen molar-refractivity contribution in [3.63, 3.8) is 0 Å². The monoisotopic (exact) mass is 330 g/mol. The molecule has 0 aromatic heterocycles. The molecule has 0 bridgehead atoms. The maximum absolute atomic E-state index is 12.5. The van der Waals surface area contributed by atoms with Crippen LogP contribution in [0.2, 0.25) is 5.02 Å². The van der Waals surface area contributed by atoms with E-state index >= 15 is 0 Å². The number of sulfonamides is 1. The second-order valence-electron chi connectivity index (χ2n) is 5.96. The van der Waals surface area contributed by atoms with Crippen LogP contribution in [0.5, 0.6) is 0 Å². The standard InChI is InChI=1S/C15H23ClN2O2S/c1-10-4-3-5-14(11(10)2)18-21(19,20)15-7-6-12(9-17)8-13(15)16/h6-8,10-11,14,18H,3-5,9,17H2,1-2H3. The van der Waals surface area contributed by atoms with Crippen molar-refractivity contribution in [1.82, 2.24) is 4.72 Å². The van der Waals surface area contributed by atoms with E-state index in [0.29, 0.717) is 18.4 Å². The Balaban J connectivity index is 2.22. The average Bonchev–Trinajstić information content (AvgIpc) is 2.43. The number of benzene rings is 1. The highest BCUT2D eigenvalue weighted by Crippen LogP contribution is 2.31. The molecule has 0 aliphatic heterocycles. The zero-order chi connectivity index (χ0) is 15.6. The molecule has 1 fully saturated rings. The molecule has 118 valence electrons. The van der Waals surface area contributed by atoms with Crippen LogP contribution in [0.4, 0.5) is 0 Å². The highest BCUT2D eigenvalue weighted by atomic mass is 35.5. The van der Waals surface area contributed by atoms with Gasteiger partial charge >= 0.3 is 0 Å². The van der Waals surface area contributed by atoms with Gasteiger partial charge in [-0.2, -0.15) is 0 Å². The molecule has 0 heterocycles. The van der Waals surface area contributed by atoms with Gasteiger partial charge in [-0.3, -0.25) is 0 Å². The number of nitrogens with two attached hydrogens (primary N) is 1. The number of hydrogen-bond donors (Lipinski definition) is 2. The van der Waals surface area contributed by atoms with E-state index < -0.39 is 10.0 Å². The molecule has 1 saturated carbocycles. The minimum atomic E-state index is -3.59. The van der Waals surface area contributed by atoms with E-state index in [9.17, 15) is 8.42 Å². The number of halogens is 1. The lowest BCUT2D eigenvalue weighted by Gasteiger charge is -2.34. The van der Waals surface area contributed by atoms with E-state index in [4.69, 9.17) is 17.3 Å². The molecule has 3 N–H and O–H groups in total. The first-order chi connectivity index (χ1) is 9.85. The summed E-state index contributed by atoms with van der Waals surface area (Å²) in [5, 5.41) is 0.224. The second-order valence-corrected chi connectivity index (χ2v) is 8.05. The Labute approximate surface area is 132 Å². The van der Waals surface area contributed by atoms with Crippen LogP contribution in [-0.4, -0.2) is 14.5 Å². The van der Waals surface area contributed by atoms with Gasteiger partial charge in [0.15, 0.2) is 0 Å². The van der Waals surface area contributed by atoms with Gasteiger partial charge in [0.1, 0.15) is 4.90 Å². The fourth-order valence-corrected chi connectivity index (χ4v) is 4.83. The molecule has 1 aromatic rings. The lowest BCUT2D eigenvalue weighted by atomic mass is 9.78. The van der Waals surface area contributed by atoms with Crippen molar-refractivity contribution < 1.29 is 8.42 Å². The largest absolute Gasteiger partial charge is 0.326 e. The highest BCUT2D eigenvalue weighted by Gasteiger charge is 2.31. The van der Waals surface area contributed by atoms with Crippen LogP contribution in [0.25, 0.3) is 0 Å². The molecule has 3 unspecified atom stereocenters. The van der Waals surface area contributed by atoms with Crippen LogP contribution in [0.1, 0.15) is 38.7 Å². The molecule has 1 aromatic carbocycles. The first-order valence-electron chi connectivity index (χ1n) is 7.36. The molecule has 0 saturated heterocycles. The smallest absolute Gasteiger partial charge is 0.242 e. The lowest BCUT2D eigenvalue weighted by molar-refractivity contribution is 0.227. The van der Waals surface area contributed by atoms with Gasteiger partial charge in [-0.05, 0) is 36.0 Å². The Kier molecular flexibility index (Phi) is 5.30. The van der Waals surface area contributed by atoms with E-state index in [-0.39, 0.29) is 16.0 Å². The summed E-state index contributed by atoms with van der Waals surface area (Å²) in [5.74, 6) is 0.858. The van der Waals surface area contributed by atoms with Gasteiger partial charge in [0.25, 0.3) is 0 Å². The maximum Gasteiger partial charge on any atom is 0.242 e. The SMILES string of the molecule is CC1CCCC(NS(=O)(=O)c2ccc(CN)cc2Cl)C1C. The molecular formula is C15H23ClN2O2S. The van der Waals surface area contributed by atoms with Crippen molar-refractivity contribution in [2.45, 2.75) is 50.6 Å². The molecule has 21 heavy (non-hydrogen) atoms. The Morgan fingerprint density at radius 2 is 2.05 bits per heavy atom. The van der Waals surface area contributed by atoms with Gasteiger partial charge in [0.2, 0.25) is 10.0 Å². The van der Waals surface area contributed by atoms with E-state index in [1.54, 1.807) is 12.1 Å². The zero-order valence-corrected chi connectivity index (χ0v) is 14.0. The molecular weight excluding hydrogens is 308 g/mol. The molecule has 0 amide bonds. The summed E-state index contributed by atoms with van der Waals surface area (Å²) in [4.78, 5) is 0.131. The Bertz CT molecular complexity index is 604. The highest BCUT2D eigenvalue weighted by molar-refractivity contribution is 7.89. The average molecular weight is 331 g/mol. The molecule has 6 heteroatoms. The van der Waals surface area contributed by atoms with Crippen molar-refractivity contribution in [2.75, 3.05) is 0 Å². The summed E-state index contributed by atoms with van der Waals surface area (Å²) < 4.78 is 27.9. The van der Waals surface area contributed by atoms with Crippen LogP contribution in [0, 0.1) is 11.8 Å².